The lowest BCUT2D eigenvalue weighted by Gasteiger charge is -2.26. The molecule has 0 spiro atoms. The molecule has 31 heavy (non-hydrogen) atoms. The van der Waals surface area contributed by atoms with Crippen LogP contribution in [0.25, 0.3) is 11.4 Å². The first-order chi connectivity index (χ1) is 14.8. The van der Waals surface area contributed by atoms with Gasteiger partial charge >= 0.3 is 0 Å². The summed E-state index contributed by atoms with van der Waals surface area (Å²) in [5.41, 5.74) is 3.36. The van der Waals surface area contributed by atoms with Crippen molar-refractivity contribution in [1.29, 1.82) is 0 Å². The van der Waals surface area contributed by atoms with E-state index >= 15 is 0 Å². The molecule has 4 heterocycles. The fourth-order valence-corrected chi connectivity index (χ4v) is 4.03. The van der Waals surface area contributed by atoms with E-state index in [-0.39, 0.29) is 11.3 Å². The molecule has 8 nitrogen and oxygen atoms in total. The number of aryl methyl sites for hydroxylation is 2. The van der Waals surface area contributed by atoms with Crippen molar-refractivity contribution in [2.45, 2.75) is 19.9 Å². The number of imidazole rings is 1. The van der Waals surface area contributed by atoms with Gasteiger partial charge in [0, 0.05) is 31.7 Å². The van der Waals surface area contributed by atoms with Crippen LogP contribution in [0, 0.1) is 13.8 Å². The molecule has 1 amide bonds. The lowest BCUT2D eigenvalue weighted by atomic mass is 9.97. The Balaban J connectivity index is 1.94. The lowest BCUT2D eigenvalue weighted by Crippen LogP contribution is -2.35. The van der Waals surface area contributed by atoms with Gasteiger partial charge in [-0.3, -0.25) is 19.0 Å². The summed E-state index contributed by atoms with van der Waals surface area (Å²) in [6.07, 6.45) is 5.05. The third-order valence-corrected chi connectivity index (χ3v) is 5.57. The third-order valence-electron chi connectivity index (χ3n) is 5.57. The average Bonchev–Trinajstić information content (AvgIpc) is 3.21. The van der Waals surface area contributed by atoms with Gasteiger partial charge in [-0.25, -0.2) is 4.98 Å². The van der Waals surface area contributed by atoms with E-state index in [1.54, 1.807) is 36.0 Å². The Labute approximate surface area is 180 Å². The number of amides is 1. The molecule has 0 bridgehead atoms. The van der Waals surface area contributed by atoms with E-state index in [9.17, 15) is 14.7 Å². The maximum atomic E-state index is 13.1. The van der Waals surface area contributed by atoms with Crippen LogP contribution in [-0.2, 0) is 9.59 Å². The molecule has 0 saturated carbocycles. The van der Waals surface area contributed by atoms with Gasteiger partial charge in [0.2, 0.25) is 0 Å². The molecule has 1 aliphatic heterocycles. The molecule has 0 aromatic carbocycles. The highest BCUT2D eigenvalue weighted by molar-refractivity contribution is 6.46. The minimum atomic E-state index is -0.719. The normalized spacial score (nSPS) is 18.5. The summed E-state index contributed by atoms with van der Waals surface area (Å²) < 4.78 is 1.76. The van der Waals surface area contributed by atoms with Crippen molar-refractivity contribution in [2.75, 3.05) is 27.2 Å². The van der Waals surface area contributed by atoms with Crippen LogP contribution in [0.5, 0.6) is 0 Å². The summed E-state index contributed by atoms with van der Waals surface area (Å²) in [6.45, 7) is 4.64. The molecule has 0 aliphatic carbocycles. The quantitative estimate of drug-likeness (QED) is 0.388. The van der Waals surface area contributed by atoms with Gasteiger partial charge in [0.15, 0.2) is 5.76 Å². The Morgan fingerprint density at radius 3 is 2.65 bits per heavy atom. The SMILES string of the molecule is Cc1nc2c(C)cccn2c1C(O)=C1C(=O)C(=O)N(CCN(C)C)[C@@H]1c1cccnc1. The molecule has 0 unspecified atom stereocenters. The van der Waals surface area contributed by atoms with Gasteiger partial charge in [-0.1, -0.05) is 12.1 Å². The minimum absolute atomic E-state index is 0.0585. The smallest absolute Gasteiger partial charge is 0.295 e. The molecule has 4 rings (SSSR count). The maximum absolute atomic E-state index is 13.1. The van der Waals surface area contributed by atoms with Crippen LogP contribution < -0.4 is 0 Å². The van der Waals surface area contributed by atoms with Crippen molar-refractivity contribution >= 4 is 23.1 Å². The molecule has 1 fully saturated rings. The Bertz CT molecular complexity index is 1200. The topological polar surface area (TPSA) is 91.0 Å². The number of aliphatic hydroxyl groups is 1. The molecule has 160 valence electrons. The summed E-state index contributed by atoms with van der Waals surface area (Å²) in [4.78, 5) is 38.3. The highest BCUT2D eigenvalue weighted by Crippen LogP contribution is 2.39. The molecule has 3 aromatic rings. The number of fused-ring (bicyclic) bond motifs is 1. The van der Waals surface area contributed by atoms with Crippen molar-refractivity contribution in [2.24, 2.45) is 0 Å². The fraction of sp³-hybridized carbons (Fsp3) is 0.304. The van der Waals surface area contributed by atoms with Gasteiger partial charge in [-0.05, 0) is 51.2 Å². The van der Waals surface area contributed by atoms with E-state index in [0.29, 0.717) is 35.7 Å². The summed E-state index contributed by atoms with van der Waals surface area (Å²) in [7, 11) is 3.81. The van der Waals surface area contributed by atoms with E-state index in [4.69, 9.17) is 0 Å². The van der Waals surface area contributed by atoms with Crippen molar-refractivity contribution in [3.05, 3.63) is 70.9 Å². The fourth-order valence-electron chi connectivity index (χ4n) is 4.03. The molecule has 0 radical (unpaired) electrons. The number of aromatic nitrogens is 3. The second-order valence-corrected chi connectivity index (χ2v) is 8.01. The number of pyridine rings is 2. The molecule has 8 heteroatoms. The van der Waals surface area contributed by atoms with Crippen LogP contribution in [0.15, 0.2) is 48.4 Å². The number of likely N-dealkylation sites (tertiary alicyclic amines) is 1. The highest BCUT2D eigenvalue weighted by atomic mass is 16.3. The molecule has 3 aromatic heterocycles. The number of hydrogen-bond donors (Lipinski definition) is 1. The van der Waals surface area contributed by atoms with Crippen molar-refractivity contribution < 1.29 is 14.7 Å². The van der Waals surface area contributed by atoms with Gasteiger partial charge in [0.05, 0.1) is 17.3 Å². The zero-order valence-corrected chi connectivity index (χ0v) is 18.0. The number of ketones is 1. The number of carbonyl (C=O) groups excluding carboxylic acids is 2. The van der Waals surface area contributed by atoms with E-state index in [1.807, 2.05) is 44.1 Å². The highest BCUT2D eigenvalue weighted by Gasteiger charge is 2.46. The number of likely N-dealkylation sites (N-methyl/N-ethyl adjacent to an activating group) is 1. The van der Waals surface area contributed by atoms with Crippen molar-refractivity contribution in [3.63, 3.8) is 0 Å². The third kappa shape index (κ3) is 3.48. The maximum Gasteiger partial charge on any atom is 0.295 e. The monoisotopic (exact) mass is 419 g/mol. The largest absolute Gasteiger partial charge is 0.505 e. The summed E-state index contributed by atoms with van der Waals surface area (Å²) in [6, 6.07) is 6.63. The van der Waals surface area contributed by atoms with E-state index in [0.717, 1.165) is 5.56 Å². The Hall–Kier alpha value is -3.52. The van der Waals surface area contributed by atoms with Crippen LogP contribution in [0.2, 0.25) is 0 Å². The Morgan fingerprint density at radius 2 is 1.97 bits per heavy atom. The Kier molecular flexibility index (Phi) is 5.32. The summed E-state index contributed by atoms with van der Waals surface area (Å²) in [5.74, 6) is -1.55. The Morgan fingerprint density at radius 1 is 1.19 bits per heavy atom. The molecule has 1 atom stereocenters. The zero-order valence-electron chi connectivity index (χ0n) is 18.0. The number of nitrogens with zero attached hydrogens (tertiary/aromatic N) is 5. The first-order valence-corrected chi connectivity index (χ1v) is 10.1. The number of Topliss-reactive ketones (excluding diaryl/α,β-unsaturated/α-hetero) is 1. The average molecular weight is 419 g/mol. The summed E-state index contributed by atoms with van der Waals surface area (Å²) in [5, 5.41) is 11.4. The molecule has 1 saturated heterocycles. The predicted molar refractivity (Wildman–Crippen MR) is 116 cm³/mol. The van der Waals surface area contributed by atoms with Crippen LogP contribution in [0.3, 0.4) is 0 Å². The van der Waals surface area contributed by atoms with Crippen LogP contribution >= 0.6 is 0 Å². The lowest BCUT2D eigenvalue weighted by molar-refractivity contribution is -0.140. The van der Waals surface area contributed by atoms with E-state index in [2.05, 4.69) is 9.97 Å². The molecule has 1 N–H and O–H groups in total. The number of aliphatic hydroxyl groups excluding tert-OH is 1. The van der Waals surface area contributed by atoms with E-state index in [1.165, 1.54) is 4.90 Å². The first kappa shape index (κ1) is 20.7. The van der Waals surface area contributed by atoms with Crippen molar-refractivity contribution in [3.8, 4) is 0 Å². The number of hydrogen-bond acceptors (Lipinski definition) is 6. The van der Waals surface area contributed by atoms with Crippen molar-refractivity contribution in [1.82, 2.24) is 24.2 Å². The second-order valence-electron chi connectivity index (χ2n) is 8.01. The first-order valence-electron chi connectivity index (χ1n) is 10.1. The predicted octanol–water partition coefficient (Wildman–Crippen LogP) is 2.33. The van der Waals surface area contributed by atoms with Gasteiger partial charge in [-0.2, -0.15) is 0 Å². The molecular weight excluding hydrogens is 394 g/mol. The standard InChI is InChI=1S/C23H25N5O3/c1-14-7-6-10-27-18(15(2)25-22(14)27)20(29)17-19(16-8-5-9-24-13-16)28(12-11-26(3)4)23(31)21(17)30/h5-10,13,19,29H,11-12H2,1-4H3/t19-/m1/s1. The van der Waals surface area contributed by atoms with E-state index < -0.39 is 17.7 Å². The van der Waals surface area contributed by atoms with Crippen LogP contribution in [0.4, 0.5) is 0 Å². The number of rotatable bonds is 5. The van der Waals surface area contributed by atoms with Gasteiger partial charge in [0.25, 0.3) is 11.7 Å². The van der Waals surface area contributed by atoms with Gasteiger partial charge < -0.3 is 14.9 Å². The number of carbonyl (C=O) groups is 2. The van der Waals surface area contributed by atoms with Crippen LogP contribution in [-0.4, -0.2) is 68.2 Å². The minimum Gasteiger partial charge on any atom is -0.505 e. The van der Waals surface area contributed by atoms with Gasteiger partial charge in [0.1, 0.15) is 11.3 Å². The van der Waals surface area contributed by atoms with Crippen LogP contribution in [0.1, 0.15) is 28.6 Å². The molecule has 1 aliphatic rings. The second kappa shape index (κ2) is 7.96. The summed E-state index contributed by atoms with van der Waals surface area (Å²) >= 11 is 0. The van der Waals surface area contributed by atoms with Gasteiger partial charge in [-0.15, -0.1) is 0 Å². The molecular formula is C23H25N5O3. The zero-order chi connectivity index (χ0) is 22.3.